The Labute approximate surface area is 168 Å². The molecule has 0 aliphatic carbocycles. The van der Waals surface area contributed by atoms with Gasteiger partial charge in [-0.1, -0.05) is 24.3 Å². The molecule has 6 heteroatoms. The molecule has 6 nitrogen and oxygen atoms in total. The van der Waals surface area contributed by atoms with Crippen molar-refractivity contribution in [2.45, 2.75) is 0 Å². The predicted octanol–water partition coefficient (Wildman–Crippen LogP) is 4.62. The average Bonchev–Trinajstić information content (AvgIpc) is 2.79. The Hall–Kier alpha value is -3.93. The molecule has 4 aromatic rings. The fourth-order valence-electron chi connectivity index (χ4n) is 2.98. The number of aromatic nitrogens is 2. The molecule has 1 N–H and O–H groups in total. The number of fused-ring (bicyclic) bond motifs is 1. The number of rotatable bonds is 6. The number of anilines is 2. The first-order chi connectivity index (χ1) is 14.2. The van der Waals surface area contributed by atoms with E-state index in [2.05, 4.69) is 15.3 Å². The quantitative estimate of drug-likeness (QED) is 0.488. The van der Waals surface area contributed by atoms with Crippen LogP contribution >= 0.6 is 0 Å². The van der Waals surface area contributed by atoms with Crippen LogP contribution in [0.1, 0.15) is 16.2 Å². The van der Waals surface area contributed by atoms with Crippen LogP contribution in [0.4, 0.5) is 11.5 Å². The Bertz CT molecular complexity index is 1170. The minimum atomic E-state index is -0.271. The van der Waals surface area contributed by atoms with E-state index in [0.29, 0.717) is 22.6 Å². The van der Waals surface area contributed by atoms with Gasteiger partial charge in [-0.25, -0.2) is 9.97 Å². The third-order valence-electron chi connectivity index (χ3n) is 4.49. The van der Waals surface area contributed by atoms with Crippen molar-refractivity contribution in [1.29, 1.82) is 0 Å². The Morgan fingerprint density at radius 3 is 2.34 bits per heavy atom. The second kappa shape index (κ2) is 7.98. The van der Waals surface area contributed by atoms with Gasteiger partial charge in [0.05, 0.1) is 19.7 Å². The standard InChI is InChI=1S/C23H19N3O3/c1-28-17-12-10-16(11-13-17)24-22-19-8-3-4-9-20(19)25-23(26-22)21(27)15-6-5-7-18(14-15)29-2/h3-14H,1-2H3,(H,24,25,26). The third kappa shape index (κ3) is 3.87. The lowest BCUT2D eigenvalue weighted by molar-refractivity contribution is 0.102. The highest BCUT2D eigenvalue weighted by atomic mass is 16.5. The van der Waals surface area contributed by atoms with Crippen LogP contribution in [0.15, 0.2) is 72.8 Å². The van der Waals surface area contributed by atoms with Crippen molar-refractivity contribution < 1.29 is 14.3 Å². The van der Waals surface area contributed by atoms with Crippen LogP contribution in [-0.4, -0.2) is 30.0 Å². The summed E-state index contributed by atoms with van der Waals surface area (Å²) < 4.78 is 10.4. The van der Waals surface area contributed by atoms with Crippen LogP contribution in [0.2, 0.25) is 0 Å². The number of methoxy groups -OCH3 is 2. The number of para-hydroxylation sites is 1. The zero-order valence-corrected chi connectivity index (χ0v) is 16.0. The summed E-state index contributed by atoms with van der Waals surface area (Å²) in [5, 5.41) is 4.11. The highest BCUT2D eigenvalue weighted by Crippen LogP contribution is 2.26. The molecule has 4 rings (SSSR count). The maximum Gasteiger partial charge on any atom is 0.230 e. The van der Waals surface area contributed by atoms with Crippen molar-refractivity contribution in [3.05, 3.63) is 84.2 Å². The average molecular weight is 385 g/mol. The summed E-state index contributed by atoms with van der Waals surface area (Å²) in [7, 11) is 3.18. The van der Waals surface area contributed by atoms with Gasteiger partial charge in [0.15, 0.2) is 0 Å². The lowest BCUT2D eigenvalue weighted by Crippen LogP contribution is -2.09. The monoisotopic (exact) mass is 385 g/mol. The minimum Gasteiger partial charge on any atom is -0.497 e. The molecular formula is C23H19N3O3. The van der Waals surface area contributed by atoms with Crippen LogP contribution < -0.4 is 14.8 Å². The van der Waals surface area contributed by atoms with Crippen molar-refractivity contribution >= 4 is 28.2 Å². The second-order valence-corrected chi connectivity index (χ2v) is 6.33. The summed E-state index contributed by atoms with van der Waals surface area (Å²) in [6.07, 6.45) is 0. The SMILES string of the molecule is COc1ccc(Nc2nc(C(=O)c3cccc(OC)c3)nc3ccccc23)cc1. The molecule has 0 spiro atoms. The number of carbonyl (C=O) groups is 1. The maximum absolute atomic E-state index is 13.0. The van der Waals surface area contributed by atoms with Crippen LogP contribution in [0.25, 0.3) is 10.9 Å². The van der Waals surface area contributed by atoms with Gasteiger partial charge in [-0.05, 0) is 48.5 Å². The van der Waals surface area contributed by atoms with E-state index in [1.165, 1.54) is 0 Å². The fourth-order valence-corrected chi connectivity index (χ4v) is 2.98. The van der Waals surface area contributed by atoms with Gasteiger partial charge in [0.1, 0.15) is 17.3 Å². The summed E-state index contributed by atoms with van der Waals surface area (Å²) >= 11 is 0. The van der Waals surface area contributed by atoms with Crippen molar-refractivity contribution in [3.8, 4) is 11.5 Å². The van der Waals surface area contributed by atoms with E-state index >= 15 is 0 Å². The first-order valence-corrected chi connectivity index (χ1v) is 9.04. The van der Waals surface area contributed by atoms with Gasteiger partial charge in [-0.15, -0.1) is 0 Å². The number of hydrogen-bond donors (Lipinski definition) is 1. The van der Waals surface area contributed by atoms with Crippen molar-refractivity contribution in [2.75, 3.05) is 19.5 Å². The van der Waals surface area contributed by atoms with Crippen LogP contribution in [-0.2, 0) is 0 Å². The zero-order valence-electron chi connectivity index (χ0n) is 16.0. The lowest BCUT2D eigenvalue weighted by atomic mass is 10.1. The molecule has 3 aromatic carbocycles. The van der Waals surface area contributed by atoms with E-state index in [1.807, 2.05) is 48.5 Å². The molecule has 144 valence electrons. The number of carbonyl (C=O) groups excluding carboxylic acids is 1. The number of benzene rings is 3. The van der Waals surface area contributed by atoms with Gasteiger partial charge in [-0.3, -0.25) is 4.79 Å². The van der Waals surface area contributed by atoms with Crippen LogP contribution in [0.3, 0.4) is 0 Å². The Morgan fingerprint density at radius 1 is 0.828 bits per heavy atom. The smallest absolute Gasteiger partial charge is 0.230 e. The second-order valence-electron chi connectivity index (χ2n) is 6.33. The summed E-state index contributed by atoms with van der Waals surface area (Å²) in [6, 6.07) is 22.0. The predicted molar refractivity (Wildman–Crippen MR) is 112 cm³/mol. The molecule has 0 atom stereocenters. The van der Waals surface area contributed by atoms with E-state index in [9.17, 15) is 4.79 Å². The molecule has 0 radical (unpaired) electrons. The van der Waals surface area contributed by atoms with E-state index in [0.717, 1.165) is 16.8 Å². The van der Waals surface area contributed by atoms with Crippen molar-refractivity contribution in [2.24, 2.45) is 0 Å². The maximum atomic E-state index is 13.0. The molecule has 29 heavy (non-hydrogen) atoms. The van der Waals surface area contributed by atoms with Gasteiger partial charge in [0.25, 0.3) is 0 Å². The number of nitrogens with one attached hydrogen (secondary N) is 1. The number of nitrogens with zero attached hydrogens (tertiary/aromatic N) is 2. The number of ether oxygens (including phenoxy) is 2. The lowest BCUT2D eigenvalue weighted by Gasteiger charge is -2.11. The summed E-state index contributed by atoms with van der Waals surface area (Å²) in [6.45, 7) is 0. The molecular weight excluding hydrogens is 366 g/mol. The van der Waals surface area contributed by atoms with Gasteiger partial charge < -0.3 is 14.8 Å². The largest absolute Gasteiger partial charge is 0.497 e. The normalized spacial score (nSPS) is 10.6. The van der Waals surface area contributed by atoms with Crippen molar-refractivity contribution in [1.82, 2.24) is 9.97 Å². The highest BCUT2D eigenvalue weighted by molar-refractivity contribution is 6.08. The van der Waals surface area contributed by atoms with E-state index in [4.69, 9.17) is 9.47 Å². The van der Waals surface area contributed by atoms with E-state index in [1.54, 1.807) is 38.5 Å². The Kier molecular flexibility index (Phi) is 5.07. The van der Waals surface area contributed by atoms with Gasteiger partial charge >= 0.3 is 0 Å². The minimum absolute atomic E-state index is 0.118. The fraction of sp³-hybridized carbons (Fsp3) is 0.0870. The Morgan fingerprint density at radius 2 is 1.59 bits per heavy atom. The third-order valence-corrected chi connectivity index (χ3v) is 4.49. The van der Waals surface area contributed by atoms with Crippen LogP contribution in [0, 0.1) is 0 Å². The molecule has 0 aliphatic heterocycles. The highest BCUT2D eigenvalue weighted by Gasteiger charge is 2.16. The van der Waals surface area contributed by atoms with Gasteiger partial charge in [0.2, 0.25) is 11.6 Å². The number of hydrogen-bond acceptors (Lipinski definition) is 6. The molecule has 1 heterocycles. The first kappa shape index (κ1) is 18.4. The Balaban J connectivity index is 1.76. The zero-order chi connectivity index (χ0) is 20.2. The summed E-state index contributed by atoms with van der Waals surface area (Å²) in [4.78, 5) is 22.0. The molecule has 0 aliphatic rings. The van der Waals surface area contributed by atoms with E-state index in [-0.39, 0.29) is 11.6 Å². The van der Waals surface area contributed by atoms with Crippen LogP contribution in [0.5, 0.6) is 11.5 Å². The summed E-state index contributed by atoms with van der Waals surface area (Å²) in [5.41, 5.74) is 1.98. The first-order valence-electron chi connectivity index (χ1n) is 9.04. The van der Waals surface area contributed by atoms with Crippen molar-refractivity contribution in [3.63, 3.8) is 0 Å². The molecule has 1 aromatic heterocycles. The van der Waals surface area contributed by atoms with Gasteiger partial charge in [-0.2, -0.15) is 0 Å². The topological polar surface area (TPSA) is 73.3 Å². The molecule has 0 saturated carbocycles. The molecule has 0 bridgehead atoms. The molecule has 0 unspecified atom stereocenters. The van der Waals surface area contributed by atoms with Gasteiger partial charge in [0, 0.05) is 16.6 Å². The van der Waals surface area contributed by atoms with E-state index < -0.39 is 0 Å². The summed E-state index contributed by atoms with van der Waals surface area (Å²) in [5.74, 6) is 1.78. The molecule has 0 saturated heterocycles. The number of ketones is 1. The molecule has 0 amide bonds. The molecule has 0 fully saturated rings.